The van der Waals surface area contributed by atoms with Gasteiger partial charge in [-0.1, -0.05) is 6.92 Å². The van der Waals surface area contributed by atoms with Crippen LogP contribution in [0.4, 0.5) is 0 Å². The summed E-state index contributed by atoms with van der Waals surface area (Å²) in [6, 6.07) is 1.87. The summed E-state index contributed by atoms with van der Waals surface area (Å²) in [7, 11) is 0. The van der Waals surface area contributed by atoms with Gasteiger partial charge in [0.2, 0.25) is 0 Å². The Labute approximate surface area is 88.2 Å². The SMILES string of the molecule is CCc1c(C)[nH]c2nccc(C)c2c1=O. The van der Waals surface area contributed by atoms with Gasteiger partial charge in [-0.2, -0.15) is 0 Å². The van der Waals surface area contributed by atoms with Crippen LogP contribution in [0, 0.1) is 13.8 Å². The standard InChI is InChI=1S/C12H14N2O/c1-4-9-8(3)14-12-10(11(9)15)7(2)5-6-13-12/h5-6H,4H2,1-3H3,(H,13,14,15). The van der Waals surface area contributed by atoms with Gasteiger partial charge in [-0.25, -0.2) is 4.98 Å². The summed E-state index contributed by atoms with van der Waals surface area (Å²) in [5.74, 6) is 0. The molecule has 15 heavy (non-hydrogen) atoms. The Hall–Kier alpha value is -1.64. The summed E-state index contributed by atoms with van der Waals surface area (Å²) in [5, 5.41) is 0.722. The number of nitrogens with zero attached hydrogens (tertiary/aromatic N) is 1. The fourth-order valence-electron chi connectivity index (χ4n) is 1.94. The average molecular weight is 202 g/mol. The lowest BCUT2D eigenvalue weighted by Gasteiger charge is -2.06. The number of pyridine rings is 2. The smallest absolute Gasteiger partial charge is 0.194 e. The minimum Gasteiger partial charge on any atom is -0.343 e. The third-order valence-electron chi connectivity index (χ3n) is 2.77. The van der Waals surface area contributed by atoms with Crippen molar-refractivity contribution in [3.05, 3.63) is 39.3 Å². The van der Waals surface area contributed by atoms with E-state index < -0.39 is 0 Å². The molecule has 0 aliphatic carbocycles. The maximum atomic E-state index is 12.1. The maximum absolute atomic E-state index is 12.1. The normalized spacial score (nSPS) is 10.9. The lowest BCUT2D eigenvalue weighted by molar-refractivity contribution is 1.04. The molecule has 0 saturated carbocycles. The van der Waals surface area contributed by atoms with Crippen LogP contribution in [0.25, 0.3) is 11.0 Å². The molecule has 3 nitrogen and oxygen atoms in total. The molecule has 0 saturated heterocycles. The lowest BCUT2D eigenvalue weighted by atomic mass is 10.1. The number of rotatable bonds is 1. The van der Waals surface area contributed by atoms with E-state index in [9.17, 15) is 4.79 Å². The summed E-state index contributed by atoms with van der Waals surface area (Å²) < 4.78 is 0. The van der Waals surface area contributed by atoms with Crippen LogP contribution in [0.5, 0.6) is 0 Å². The van der Waals surface area contributed by atoms with Crippen molar-refractivity contribution in [3.63, 3.8) is 0 Å². The van der Waals surface area contributed by atoms with Gasteiger partial charge in [0.15, 0.2) is 5.43 Å². The monoisotopic (exact) mass is 202 g/mol. The molecule has 0 aromatic carbocycles. The van der Waals surface area contributed by atoms with Crippen LogP contribution in [-0.2, 0) is 6.42 Å². The third-order valence-corrected chi connectivity index (χ3v) is 2.77. The Bertz CT molecular complexity index is 570. The zero-order valence-corrected chi connectivity index (χ0v) is 9.22. The van der Waals surface area contributed by atoms with E-state index in [0.717, 1.165) is 28.6 Å². The number of hydrogen-bond acceptors (Lipinski definition) is 2. The molecule has 2 aromatic rings. The highest BCUT2D eigenvalue weighted by Crippen LogP contribution is 2.12. The minimum absolute atomic E-state index is 0.120. The number of hydrogen-bond donors (Lipinski definition) is 1. The van der Waals surface area contributed by atoms with Gasteiger partial charge in [-0.15, -0.1) is 0 Å². The number of aryl methyl sites for hydroxylation is 2. The molecule has 0 fully saturated rings. The molecule has 0 aliphatic rings. The van der Waals surface area contributed by atoms with Gasteiger partial charge in [-0.3, -0.25) is 4.79 Å². The van der Waals surface area contributed by atoms with E-state index in [1.54, 1.807) is 6.20 Å². The molecule has 2 heterocycles. The highest BCUT2D eigenvalue weighted by molar-refractivity contribution is 5.79. The van der Waals surface area contributed by atoms with Crippen LogP contribution >= 0.6 is 0 Å². The minimum atomic E-state index is 0.120. The van der Waals surface area contributed by atoms with Crippen molar-refractivity contribution in [3.8, 4) is 0 Å². The first kappa shape index (κ1) is 9.90. The Morgan fingerprint density at radius 3 is 2.80 bits per heavy atom. The fraction of sp³-hybridized carbons (Fsp3) is 0.333. The van der Waals surface area contributed by atoms with Crippen LogP contribution in [0.1, 0.15) is 23.7 Å². The molecule has 0 amide bonds. The van der Waals surface area contributed by atoms with E-state index in [-0.39, 0.29) is 5.43 Å². The molecule has 0 radical (unpaired) electrons. The molecule has 78 valence electrons. The van der Waals surface area contributed by atoms with Crippen molar-refractivity contribution in [1.82, 2.24) is 9.97 Å². The zero-order chi connectivity index (χ0) is 11.0. The molecule has 3 heteroatoms. The van der Waals surface area contributed by atoms with Crippen molar-refractivity contribution >= 4 is 11.0 Å². The fourth-order valence-corrected chi connectivity index (χ4v) is 1.94. The molecule has 2 rings (SSSR count). The van der Waals surface area contributed by atoms with E-state index in [1.165, 1.54) is 0 Å². The molecule has 0 atom stereocenters. The predicted molar refractivity (Wildman–Crippen MR) is 61.2 cm³/mol. The first-order chi connectivity index (χ1) is 7.15. The van der Waals surface area contributed by atoms with Gasteiger partial charge in [-0.05, 0) is 31.9 Å². The number of nitrogens with one attached hydrogen (secondary N) is 1. The Balaban J connectivity index is 2.99. The second-order valence-electron chi connectivity index (χ2n) is 3.76. The summed E-state index contributed by atoms with van der Waals surface area (Å²) in [5.41, 5.74) is 3.58. The lowest BCUT2D eigenvalue weighted by Crippen LogP contribution is -2.14. The molecule has 0 unspecified atom stereocenters. The van der Waals surface area contributed by atoms with E-state index >= 15 is 0 Å². The third kappa shape index (κ3) is 1.44. The van der Waals surface area contributed by atoms with Gasteiger partial charge >= 0.3 is 0 Å². The highest BCUT2D eigenvalue weighted by Gasteiger charge is 2.09. The number of aromatic amines is 1. The Kier molecular flexibility index (Phi) is 2.31. The zero-order valence-electron chi connectivity index (χ0n) is 9.22. The highest BCUT2D eigenvalue weighted by atomic mass is 16.1. The van der Waals surface area contributed by atoms with E-state index in [1.807, 2.05) is 26.8 Å². The van der Waals surface area contributed by atoms with Crippen LogP contribution < -0.4 is 5.43 Å². The van der Waals surface area contributed by atoms with Crippen LogP contribution in [0.2, 0.25) is 0 Å². The van der Waals surface area contributed by atoms with Gasteiger partial charge < -0.3 is 4.98 Å². The predicted octanol–water partition coefficient (Wildman–Crippen LogP) is 2.10. The molecule has 2 aromatic heterocycles. The second kappa shape index (κ2) is 3.50. The summed E-state index contributed by atoms with van der Waals surface area (Å²) in [6.07, 6.45) is 2.48. The average Bonchev–Trinajstić information content (AvgIpc) is 2.17. The Morgan fingerprint density at radius 1 is 1.40 bits per heavy atom. The van der Waals surface area contributed by atoms with Gasteiger partial charge in [0, 0.05) is 17.5 Å². The summed E-state index contributed by atoms with van der Waals surface area (Å²) in [6.45, 7) is 5.85. The maximum Gasteiger partial charge on any atom is 0.194 e. The van der Waals surface area contributed by atoms with Crippen molar-refractivity contribution < 1.29 is 0 Å². The molecule has 1 N–H and O–H groups in total. The second-order valence-corrected chi connectivity index (χ2v) is 3.76. The van der Waals surface area contributed by atoms with Gasteiger partial charge in [0.05, 0.1) is 5.39 Å². The molecular weight excluding hydrogens is 188 g/mol. The first-order valence-corrected chi connectivity index (χ1v) is 5.12. The molecular formula is C12H14N2O. The van der Waals surface area contributed by atoms with Crippen LogP contribution in [-0.4, -0.2) is 9.97 Å². The first-order valence-electron chi connectivity index (χ1n) is 5.12. The molecule has 0 aliphatic heterocycles. The summed E-state index contributed by atoms with van der Waals surface area (Å²) in [4.78, 5) is 19.5. The van der Waals surface area contributed by atoms with Crippen molar-refractivity contribution in [2.45, 2.75) is 27.2 Å². The Morgan fingerprint density at radius 2 is 2.13 bits per heavy atom. The number of H-pyrrole nitrogens is 1. The van der Waals surface area contributed by atoms with E-state index in [0.29, 0.717) is 5.65 Å². The van der Waals surface area contributed by atoms with Crippen molar-refractivity contribution in [1.29, 1.82) is 0 Å². The molecule has 0 spiro atoms. The van der Waals surface area contributed by atoms with Gasteiger partial charge in [0.1, 0.15) is 5.65 Å². The van der Waals surface area contributed by atoms with E-state index in [4.69, 9.17) is 0 Å². The van der Waals surface area contributed by atoms with Gasteiger partial charge in [0.25, 0.3) is 0 Å². The largest absolute Gasteiger partial charge is 0.343 e. The van der Waals surface area contributed by atoms with Crippen molar-refractivity contribution in [2.75, 3.05) is 0 Å². The van der Waals surface area contributed by atoms with Crippen molar-refractivity contribution in [2.24, 2.45) is 0 Å². The number of aromatic nitrogens is 2. The summed E-state index contributed by atoms with van der Waals surface area (Å²) >= 11 is 0. The van der Waals surface area contributed by atoms with E-state index in [2.05, 4.69) is 9.97 Å². The quantitative estimate of drug-likeness (QED) is 0.769. The number of fused-ring (bicyclic) bond motifs is 1. The van der Waals surface area contributed by atoms with Crippen LogP contribution in [0.3, 0.4) is 0 Å². The topological polar surface area (TPSA) is 45.8 Å². The molecule has 0 bridgehead atoms. The van der Waals surface area contributed by atoms with Crippen LogP contribution in [0.15, 0.2) is 17.1 Å².